The molecule has 0 aromatic heterocycles. The predicted molar refractivity (Wildman–Crippen MR) is 101 cm³/mol. The fraction of sp³-hybridized carbons (Fsp3) is 0.143. The molecule has 2 aromatic rings. The normalized spacial score (nSPS) is 9.68. The van der Waals surface area contributed by atoms with Crippen LogP contribution in [0.3, 0.4) is 0 Å². The lowest BCUT2D eigenvalue weighted by Gasteiger charge is -2.07. The minimum absolute atomic E-state index is 0.121. The first-order valence-electron chi connectivity index (χ1n) is 8.25. The Morgan fingerprint density at radius 3 is 2.04 bits per heavy atom. The molecule has 0 radical (unpaired) electrons. The second-order valence-corrected chi connectivity index (χ2v) is 5.43. The largest absolute Gasteiger partial charge is 0.462 e. The number of carbonyl (C=O) groups is 3. The third kappa shape index (κ3) is 6.42. The van der Waals surface area contributed by atoms with Crippen molar-refractivity contribution in [3.05, 3.63) is 72.6 Å². The minimum Gasteiger partial charge on any atom is -0.462 e. The number of ether oxygens (including phenoxy) is 3. The van der Waals surface area contributed by atoms with E-state index >= 15 is 0 Å². The lowest BCUT2D eigenvalue weighted by atomic mass is 10.1. The number of rotatable bonds is 8. The highest BCUT2D eigenvalue weighted by Gasteiger charge is 2.13. The van der Waals surface area contributed by atoms with E-state index in [9.17, 15) is 14.4 Å². The van der Waals surface area contributed by atoms with Crippen LogP contribution < -0.4 is 4.74 Å². The third-order valence-electron chi connectivity index (χ3n) is 3.46. The van der Waals surface area contributed by atoms with E-state index in [-0.39, 0.29) is 13.2 Å². The molecule has 0 saturated heterocycles. The fourth-order valence-electron chi connectivity index (χ4n) is 2.14. The van der Waals surface area contributed by atoms with Gasteiger partial charge in [-0.3, -0.25) is 9.59 Å². The highest BCUT2D eigenvalue weighted by molar-refractivity contribution is 5.92. The molecule has 2 rings (SSSR count). The zero-order valence-corrected chi connectivity index (χ0v) is 14.9. The van der Waals surface area contributed by atoms with Gasteiger partial charge in [-0.25, -0.2) is 9.64 Å². The van der Waals surface area contributed by atoms with Crippen molar-refractivity contribution in [2.24, 2.45) is 0 Å². The quantitative estimate of drug-likeness (QED) is 0.174. The van der Waals surface area contributed by atoms with Gasteiger partial charge >= 0.3 is 17.9 Å². The van der Waals surface area contributed by atoms with Gasteiger partial charge < -0.3 is 14.2 Å². The summed E-state index contributed by atoms with van der Waals surface area (Å²) >= 11 is 0. The Hall–Kier alpha value is -3.92. The molecule has 0 aliphatic rings. The molecule has 0 unspecified atom stereocenters. The molecule has 0 aliphatic carbocycles. The van der Waals surface area contributed by atoms with Gasteiger partial charge in [-0.05, 0) is 23.3 Å². The van der Waals surface area contributed by atoms with Gasteiger partial charge in [0.25, 0.3) is 0 Å². The summed E-state index contributed by atoms with van der Waals surface area (Å²) in [4.78, 5) is 37.5. The zero-order chi connectivity index (χ0) is 20.4. The van der Waals surface area contributed by atoms with Crippen LogP contribution in [0.4, 0.5) is 5.69 Å². The summed E-state index contributed by atoms with van der Waals surface area (Å²) in [5.74, 6) is -1.88. The van der Waals surface area contributed by atoms with Gasteiger partial charge in [-0.1, -0.05) is 43.0 Å². The SMILES string of the molecule is [C-]#[N+]c1ccc(-c2ccc(OC(=O)CC(=O)OCCOC(=O)C=C)cc2)cc1. The zero-order valence-electron chi connectivity index (χ0n) is 14.9. The lowest BCUT2D eigenvalue weighted by molar-refractivity contribution is -0.154. The first-order chi connectivity index (χ1) is 13.5. The van der Waals surface area contributed by atoms with Crippen molar-refractivity contribution in [2.75, 3.05) is 13.2 Å². The molecule has 0 atom stereocenters. The van der Waals surface area contributed by atoms with Gasteiger partial charge in [-0.15, -0.1) is 0 Å². The number of carbonyl (C=O) groups excluding carboxylic acids is 3. The second kappa shape index (κ2) is 10.3. The van der Waals surface area contributed by atoms with Crippen molar-refractivity contribution in [1.82, 2.24) is 0 Å². The summed E-state index contributed by atoms with van der Waals surface area (Å²) in [5, 5.41) is 0. The number of esters is 3. The molecule has 142 valence electrons. The van der Waals surface area contributed by atoms with E-state index in [0.29, 0.717) is 11.4 Å². The molecule has 0 spiro atoms. The van der Waals surface area contributed by atoms with Crippen molar-refractivity contribution < 1.29 is 28.6 Å². The van der Waals surface area contributed by atoms with E-state index in [0.717, 1.165) is 17.2 Å². The molecule has 7 heteroatoms. The Morgan fingerprint density at radius 2 is 1.46 bits per heavy atom. The van der Waals surface area contributed by atoms with Crippen molar-refractivity contribution in [2.45, 2.75) is 6.42 Å². The monoisotopic (exact) mass is 379 g/mol. The van der Waals surface area contributed by atoms with E-state index in [4.69, 9.17) is 16.0 Å². The summed E-state index contributed by atoms with van der Waals surface area (Å²) < 4.78 is 14.5. The van der Waals surface area contributed by atoms with Gasteiger partial charge in [0.15, 0.2) is 5.69 Å². The summed E-state index contributed by atoms with van der Waals surface area (Å²) in [6.07, 6.45) is 0.433. The maximum atomic E-state index is 11.8. The van der Waals surface area contributed by atoms with Crippen LogP contribution in [0.15, 0.2) is 61.2 Å². The molecular weight excluding hydrogens is 362 g/mol. The molecule has 0 saturated carbocycles. The third-order valence-corrected chi connectivity index (χ3v) is 3.46. The molecule has 0 amide bonds. The number of hydrogen-bond donors (Lipinski definition) is 0. The number of hydrogen-bond acceptors (Lipinski definition) is 6. The predicted octanol–water partition coefficient (Wildman–Crippen LogP) is 3.47. The first-order valence-corrected chi connectivity index (χ1v) is 8.25. The van der Waals surface area contributed by atoms with Crippen LogP contribution in [0.1, 0.15) is 6.42 Å². The average Bonchev–Trinajstić information content (AvgIpc) is 2.71. The smallest absolute Gasteiger partial charge is 0.330 e. The topological polar surface area (TPSA) is 83.3 Å². The maximum absolute atomic E-state index is 11.8. The van der Waals surface area contributed by atoms with Crippen LogP contribution in [0.2, 0.25) is 0 Å². The summed E-state index contributed by atoms with van der Waals surface area (Å²) in [7, 11) is 0. The molecule has 7 nitrogen and oxygen atoms in total. The van der Waals surface area contributed by atoms with E-state index in [2.05, 4.69) is 16.2 Å². The molecule has 2 aromatic carbocycles. The van der Waals surface area contributed by atoms with Crippen LogP contribution in [0.25, 0.3) is 16.0 Å². The van der Waals surface area contributed by atoms with Crippen LogP contribution in [0, 0.1) is 6.57 Å². The van der Waals surface area contributed by atoms with Gasteiger partial charge in [0.1, 0.15) is 25.4 Å². The van der Waals surface area contributed by atoms with Crippen molar-refractivity contribution in [3.8, 4) is 16.9 Å². The van der Waals surface area contributed by atoms with E-state index in [1.165, 1.54) is 0 Å². The molecule has 0 bridgehead atoms. The van der Waals surface area contributed by atoms with Crippen molar-refractivity contribution in [1.29, 1.82) is 0 Å². The molecule has 0 fully saturated rings. The fourth-order valence-corrected chi connectivity index (χ4v) is 2.14. The van der Waals surface area contributed by atoms with Crippen LogP contribution in [-0.2, 0) is 23.9 Å². The van der Waals surface area contributed by atoms with Gasteiger partial charge in [-0.2, -0.15) is 0 Å². The van der Waals surface area contributed by atoms with E-state index in [1.807, 2.05) is 12.1 Å². The molecule has 0 aliphatic heterocycles. The molecular formula is C21H17NO6. The summed E-state index contributed by atoms with van der Waals surface area (Å²) in [6.45, 7) is 9.90. The Balaban J connectivity index is 1.80. The lowest BCUT2D eigenvalue weighted by Crippen LogP contribution is -2.18. The van der Waals surface area contributed by atoms with E-state index in [1.54, 1.807) is 36.4 Å². The minimum atomic E-state index is -0.781. The highest BCUT2D eigenvalue weighted by atomic mass is 16.6. The number of benzene rings is 2. The number of nitrogens with zero attached hydrogens (tertiary/aromatic N) is 1. The molecule has 0 N–H and O–H groups in total. The Kier molecular flexibility index (Phi) is 7.49. The summed E-state index contributed by atoms with van der Waals surface area (Å²) in [5.41, 5.74) is 2.37. The second-order valence-electron chi connectivity index (χ2n) is 5.43. The van der Waals surface area contributed by atoms with Crippen LogP contribution in [0.5, 0.6) is 5.75 Å². The van der Waals surface area contributed by atoms with Crippen molar-refractivity contribution in [3.63, 3.8) is 0 Å². The summed E-state index contributed by atoms with van der Waals surface area (Å²) in [6, 6.07) is 13.9. The van der Waals surface area contributed by atoms with Crippen LogP contribution in [-0.4, -0.2) is 31.1 Å². The first kappa shape index (κ1) is 20.4. The highest BCUT2D eigenvalue weighted by Crippen LogP contribution is 2.24. The van der Waals surface area contributed by atoms with Crippen molar-refractivity contribution >= 4 is 23.6 Å². The van der Waals surface area contributed by atoms with Crippen LogP contribution >= 0.6 is 0 Å². The standard InChI is InChI=1S/C21H17NO6/c1-3-19(23)26-12-13-27-20(24)14-21(25)28-18-10-6-16(7-11-18)15-4-8-17(22-2)9-5-15/h3-11H,1,12-14H2. The van der Waals surface area contributed by atoms with E-state index < -0.39 is 24.3 Å². The van der Waals surface area contributed by atoms with Gasteiger partial charge in [0.05, 0.1) is 6.57 Å². The average molecular weight is 379 g/mol. The van der Waals surface area contributed by atoms with Gasteiger partial charge in [0, 0.05) is 6.08 Å². The maximum Gasteiger partial charge on any atom is 0.330 e. The molecule has 0 heterocycles. The molecule has 28 heavy (non-hydrogen) atoms. The Labute approximate surface area is 162 Å². The Morgan fingerprint density at radius 1 is 0.893 bits per heavy atom. The Bertz CT molecular complexity index is 894. The van der Waals surface area contributed by atoms with Gasteiger partial charge in [0.2, 0.25) is 0 Å².